The molecule has 4 aromatic heterocycles. The SMILES string of the molecule is c1ccc2cc3c(cc2c1)c1cc2ccccc2cc1n3-c1ccc2c(oc3ccccc32)c1C1=NC(c2ccc3c(c2)oc2ccccc23)=NC(c2ccc3c(c2)oc2ccccc23)N1. The van der Waals surface area contributed by atoms with E-state index in [1.54, 1.807) is 0 Å². The molecule has 1 N–H and O–H groups in total. The molecule has 0 saturated carbocycles. The van der Waals surface area contributed by atoms with E-state index in [9.17, 15) is 0 Å². The van der Waals surface area contributed by atoms with Crippen LogP contribution in [-0.4, -0.2) is 16.2 Å². The van der Waals surface area contributed by atoms with Gasteiger partial charge in [0.05, 0.1) is 22.3 Å². The summed E-state index contributed by atoms with van der Waals surface area (Å²) in [4.78, 5) is 10.9. The molecule has 0 spiro atoms. The summed E-state index contributed by atoms with van der Waals surface area (Å²) < 4.78 is 22.3. The number of hydrogen-bond donors (Lipinski definition) is 1. The lowest BCUT2D eigenvalue weighted by Crippen LogP contribution is -2.34. The van der Waals surface area contributed by atoms with Crippen LogP contribution >= 0.6 is 0 Å². The zero-order valence-electron chi connectivity index (χ0n) is 35.1. The molecule has 10 aromatic carbocycles. The number of benzene rings is 10. The third-order valence-electron chi connectivity index (χ3n) is 13.6. The number of aliphatic imine (C=N–C) groups is 2. The minimum Gasteiger partial charge on any atom is -0.456 e. The van der Waals surface area contributed by atoms with Crippen molar-refractivity contribution in [2.45, 2.75) is 6.17 Å². The Hall–Kier alpha value is -8.94. The van der Waals surface area contributed by atoms with Gasteiger partial charge in [0.1, 0.15) is 45.5 Å². The van der Waals surface area contributed by atoms with Crippen molar-refractivity contribution in [1.29, 1.82) is 0 Å². The Morgan fingerprint density at radius 1 is 0.409 bits per heavy atom. The van der Waals surface area contributed by atoms with Crippen LogP contribution in [0.15, 0.2) is 217 Å². The monoisotopic (exact) mass is 846 g/mol. The molecule has 14 aromatic rings. The van der Waals surface area contributed by atoms with Crippen LogP contribution in [0.4, 0.5) is 0 Å². The average Bonchev–Trinajstić information content (AvgIpc) is 4.12. The van der Waals surface area contributed by atoms with Crippen molar-refractivity contribution in [3.63, 3.8) is 0 Å². The zero-order chi connectivity index (χ0) is 43.0. The lowest BCUT2D eigenvalue weighted by atomic mass is 10.0. The van der Waals surface area contributed by atoms with E-state index in [0.29, 0.717) is 11.7 Å². The highest BCUT2D eigenvalue weighted by molar-refractivity contribution is 6.23. The van der Waals surface area contributed by atoms with Crippen LogP contribution in [0.5, 0.6) is 0 Å². The molecule has 1 aliphatic rings. The van der Waals surface area contributed by atoms with Crippen molar-refractivity contribution < 1.29 is 13.3 Å². The molecule has 66 heavy (non-hydrogen) atoms. The fraction of sp³-hybridized carbons (Fsp3) is 0.0169. The highest BCUT2D eigenvalue weighted by Gasteiger charge is 2.29. The van der Waals surface area contributed by atoms with E-state index in [4.69, 9.17) is 23.2 Å². The molecule has 15 rings (SSSR count). The summed E-state index contributed by atoms with van der Waals surface area (Å²) in [5.41, 5.74) is 10.5. The van der Waals surface area contributed by atoms with Gasteiger partial charge in [0.2, 0.25) is 0 Å². The maximum Gasteiger partial charge on any atom is 0.159 e. The summed E-state index contributed by atoms with van der Waals surface area (Å²) in [7, 11) is 0. The minimum absolute atomic E-state index is 0.546. The van der Waals surface area contributed by atoms with Crippen LogP contribution < -0.4 is 5.32 Å². The molecule has 0 amide bonds. The number of rotatable bonds is 4. The minimum atomic E-state index is -0.546. The molecule has 0 radical (unpaired) electrons. The second kappa shape index (κ2) is 13.3. The molecule has 308 valence electrons. The van der Waals surface area contributed by atoms with Crippen molar-refractivity contribution in [1.82, 2.24) is 9.88 Å². The first kappa shape index (κ1) is 35.5. The maximum absolute atomic E-state index is 7.00. The molecule has 1 aliphatic heterocycles. The Morgan fingerprint density at radius 2 is 0.909 bits per heavy atom. The smallest absolute Gasteiger partial charge is 0.159 e. The number of amidine groups is 2. The Labute approximate surface area is 375 Å². The van der Waals surface area contributed by atoms with Gasteiger partial charge >= 0.3 is 0 Å². The normalized spacial score (nSPS) is 14.5. The molecule has 0 saturated heterocycles. The highest BCUT2D eigenvalue weighted by atomic mass is 16.3. The Balaban J connectivity index is 1.03. The summed E-state index contributed by atoms with van der Waals surface area (Å²) in [5.74, 6) is 1.20. The Kier molecular flexibility index (Phi) is 7.15. The van der Waals surface area contributed by atoms with Crippen LogP contribution in [0.25, 0.3) is 115 Å². The van der Waals surface area contributed by atoms with Gasteiger partial charge in [0, 0.05) is 54.2 Å². The van der Waals surface area contributed by atoms with Crippen LogP contribution in [0.1, 0.15) is 22.9 Å². The number of hydrogen-bond acceptors (Lipinski definition) is 6. The van der Waals surface area contributed by atoms with Gasteiger partial charge in [-0.1, -0.05) is 121 Å². The maximum atomic E-state index is 7.00. The quantitative estimate of drug-likeness (QED) is 0.191. The van der Waals surface area contributed by atoms with E-state index >= 15 is 0 Å². The molecular formula is C59H34N4O3. The van der Waals surface area contributed by atoms with E-state index in [-0.39, 0.29) is 0 Å². The van der Waals surface area contributed by atoms with Gasteiger partial charge in [0.15, 0.2) is 5.84 Å². The number of fused-ring (bicyclic) bond motifs is 14. The second-order valence-electron chi connectivity index (χ2n) is 17.3. The zero-order valence-corrected chi connectivity index (χ0v) is 35.1. The van der Waals surface area contributed by atoms with Crippen LogP contribution in [-0.2, 0) is 0 Å². The number of para-hydroxylation sites is 3. The molecule has 1 atom stereocenters. The van der Waals surface area contributed by atoms with E-state index in [0.717, 1.165) is 110 Å². The number of furan rings is 3. The summed E-state index contributed by atoms with van der Waals surface area (Å²) in [5, 5.41) is 17.2. The number of aromatic nitrogens is 1. The van der Waals surface area contributed by atoms with Gasteiger partial charge in [-0.15, -0.1) is 0 Å². The number of nitrogens with zero attached hydrogens (tertiary/aromatic N) is 3. The lowest BCUT2D eigenvalue weighted by Gasteiger charge is -2.25. The summed E-state index contributed by atoms with van der Waals surface area (Å²) in [6.07, 6.45) is -0.546. The van der Waals surface area contributed by atoms with Gasteiger partial charge in [-0.3, -0.25) is 0 Å². The first-order chi connectivity index (χ1) is 32.7. The van der Waals surface area contributed by atoms with Crippen molar-refractivity contribution in [3.8, 4) is 5.69 Å². The van der Waals surface area contributed by atoms with Crippen molar-refractivity contribution >= 4 is 121 Å². The Morgan fingerprint density at radius 3 is 1.55 bits per heavy atom. The van der Waals surface area contributed by atoms with Crippen molar-refractivity contribution in [2.24, 2.45) is 9.98 Å². The van der Waals surface area contributed by atoms with Gasteiger partial charge in [-0.05, 0) is 94.3 Å². The van der Waals surface area contributed by atoms with Gasteiger partial charge in [0.25, 0.3) is 0 Å². The van der Waals surface area contributed by atoms with Crippen LogP contribution in [0.3, 0.4) is 0 Å². The Bertz CT molecular complexity index is 4370. The van der Waals surface area contributed by atoms with E-state index in [1.165, 1.54) is 21.5 Å². The van der Waals surface area contributed by atoms with E-state index < -0.39 is 6.17 Å². The molecule has 0 bridgehead atoms. The third-order valence-corrected chi connectivity index (χ3v) is 13.6. The van der Waals surface area contributed by atoms with Crippen LogP contribution in [0, 0.1) is 0 Å². The predicted molar refractivity (Wildman–Crippen MR) is 269 cm³/mol. The predicted octanol–water partition coefficient (Wildman–Crippen LogP) is 15.3. The topological polar surface area (TPSA) is 81.1 Å². The second-order valence-corrected chi connectivity index (χ2v) is 17.3. The van der Waals surface area contributed by atoms with Gasteiger partial charge in [-0.2, -0.15) is 0 Å². The molecule has 7 heteroatoms. The summed E-state index contributed by atoms with van der Waals surface area (Å²) in [6.45, 7) is 0. The molecule has 5 heterocycles. The fourth-order valence-corrected chi connectivity index (χ4v) is 10.5. The molecule has 1 unspecified atom stereocenters. The van der Waals surface area contributed by atoms with Crippen LogP contribution in [0.2, 0.25) is 0 Å². The number of nitrogens with one attached hydrogen (secondary N) is 1. The molecule has 7 nitrogen and oxygen atoms in total. The van der Waals surface area contributed by atoms with E-state index in [1.807, 2.05) is 48.5 Å². The lowest BCUT2D eigenvalue weighted by molar-refractivity contribution is 0.651. The van der Waals surface area contributed by atoms with Crippen molar-refractivity contribution in [2.75, 3.05) is 0 Å². The fourth-order valence-electron chi connectivity index (χ4n) is 10.5. The largest absolute Gasteiger partial charge is 0.456 e. The first-order valence-electron chi connectivity index (χ1n) is 22.2. The highest BCUT2D eigenvalue weighted by Crippen LogP contribution is 2.42. The average molecular weight is 847 g/mol. The van der Waals surface area contributed by atoms with Crippen molar-refractivity contribution in [3.05, 3.63) is 211 Å². The van der Waals surface area contributed by atoms with Gasteiger partial charge < -0.3 is 23.1 Å². The molecule has 0 fully saturated rings. The molecular weight excluding hydrogens is 813 g/mol. The molecule has 0 aliphatic carbocycles. The van der Waals surface area contributed by atoms with E-state index in [2.05, 4.69) is 155 Å². The summed E-state index contributed by atoms with van der Waals surface area (Å²) in [6, 6.07) is 68.1. The third kappa shape index (κ3) is 5.13. The first-order valence-corrected chi connectivity index (χ1v) is 22.2. The summed E-state index contributed by atoms with van der Waals surface area (Å²) >= 11 is 0. The standard InChI is InChI=1S/C59H34N4O3/c1-3-13-35-29-48-45(27-33(35)11-1)46-28-34-12-2-4-14-36(34)30-49(46)63(48)47-26-25-44-41-17-7-10-20-52(41)66-56(44)55(47)59-61-57(37-21-23-42-39-15-5-8-18-50(39)64-53(42)31-37)60-58(62-59)38-22-24-43-40-16-6-9-19-51(40)65-54(43)32-38/h1-32,57H,(H,60,61,62). The van der Waals surface area contributed by atoms with Gasteiger partial charge in [-0.25, -0.2) is 9.98 Å².